The van der Waals surface area contributed by atoms with E-state index in [4.69, 9.17) is 10.5 Å². The van der Waals surface area contributed by atoms with Crippen molar-refractivity contribution in [2.45, 2.75) is 25.3 Å². The van der Waals surface area contributed by atoms with Crippen LogP contribution < -0.4 is 15.8 Å². The Labute approximate surface area is 126 Å². The summed E-state index contributed by atoms with van der Waals surface area (Å²) in [6.45, 7) is 3.67. The fourth-order valence-electron chi connectivity index (χ4n) is 2.78. The highest BCUT2D eigenvalue weighted by molar-refractivity contribution is 5.79. The maximum absolute atomic E-state index is 12.2. The van der Waals surface area contributed by atoms with Crippen LogP contribution in [0.5, 0.6) is 5.75 Å². The predicted octanol–water partition coefficient (Wildman–Crippen LogP) is 0.777. The summed E-state index contributed by atoms with van der Waals surface area (Å²) >= 11 is 0. The normalized spacial score (nSPS) is 16.7. The standard InChI is InChI=1S/C16H25N3O2/c1-21-15-5-3-2-4-13(15)12-16(20)18-14-6-9-19(10-7-14)11-8-17/h2-5,14H,6-12,17H2,1H3,(H,18,20). The molecule has 0 radical (unpaired) electrons. The smallest absolute Gasteiger partial charge is 0.224 e. The molecule has 21 heavy (non-hydrogen) atoms. The van der Waals surface area contributed by atoms with Crippen LogP contribution in [0.1, 0.15) is 18.4 Å². The molecule has 1 amide bonds. The van der Waals surface area contributed by atoms with Crippen molar-refractivity contribution in [2.24, 2.45) is 5.73 Å². The van der Waals surface area contributed by atoms with Crippen molar-refractivity contribution in [1.29, 1.82) is 0 Å². The number of methoxy groups -OCH3 is 1. The third-order valence-corrected chi connectivity index (χ3v) is 3.94. The van der Waals surface area contributed by atoms with Gasteiger partial charge in [0.15, 0.2) is 0 Å². The predicted molar refractivity (Wildman–Crippen MR) is 83.4 cm³/mol. The van der Waals surface area contributed by atoms with Crippen molar-refractivity contribution < 1.29 is 9.53 Å². The van der Waals surface area contributed by atoms with Gasteiger partial charge in [0.25, 0.3) is 0 Å². The highest BCUT2D eigenvalue weighted by Gasteiger charge is 2.20. The number of para-hydroxylation sites is 1. The molecule has 1 aromatic rings. The maximum atomic E-state index is 12.2. The molecule has 1 saturated heterocycles. The van der Waals surface area contributed by atoms with Gasteiger partial charge in [-0.2, -0.15) is 0 Å². The quantitative estimate of drug-likeness (QED) is 0.813. The van der Waals surface area contributed by atoms with E-state index in [9.17, 15) is 4.79 Å². The van der Waals surface area contributed by atoms with Crippen molar-refractivity contribution in [3.05, 3.63) is 29.8 Å². The second-order valence-corrected chi connectivity index (χ2v) is 5.46. The van der Waals surface area contributed by atoms with Gasteiger partial charge in [-0.1, -0.05) is 18.2 Å². The molecule has 3 N–H and O–H groups in total. The summed E-state index contributed by atoms with van der Waals surface area (Å²) < 4.78 is 5.28. The Bertz CT molecular complexity index is 457. The van der Waals surface area contributed by atoms with Crippen LogP contribution in [0.4, 0.5) is 0 Å². The number of nitrogens with two attached hydrogens (primary N) is 1. The molecule has 5 nitrogen and oxygen atoms in total. The number of ether oxygens (including phenoxy) is 1. The molecule has 0 spiro atoms. The summed E-state index contributed by atoms with van der Waals surface area (Å²) in [6.07, 6.45) is 2.36. The van der Waals surface area contributed by atoms with E-state index < -0.39 is 0 Å². The lowest BCUT2D eigenvalue weighted by molar-refractivity contribution is -0.121. The number of hydrogen-bond donors (Lipinski definition) is 2. The summed E-state index contributed by atoms with van der Waals surface area (Å²) in [7, 11) is 1.63. The number of hydrogen-bond acceptors (Lipinski definition) is 4. The van der Waals surface area contributed by atoms with E-state index in [2.05, 4.69) is 10.2 Å². The van der Waals surface area contributed by atoms with Crippen molar-refractivity contribution in [3.8, 4) is 5.75 Å². The summed E-state index contributed by atoms with van der Waals surface area (Å²) in [6, 6.07) is 7.93. The first-order valence-electron chi connectivity index (χ1n) is 7.56. The summed E-state index contributed by atoms with van der Waals surface area (Å²) in [4.78, 5) is 14.5. The van der Waals surface area contributed by atoms with Gasteiger partial charge in [0.1, 0.15) is 5.75 Å². The van der Waals surface area contributed by atoms with Crippen molar-refractivity contribution in [2.75, 3.05) is 33.3 Å². The van der Waals surface area contributed by atoms with Crippen LogP contribution in [0.15, 0.2) is 24.3 Å². The Morgan fingerprint density at radius 2 is 2.10 bits per heavy atom. The minimum atomic E-state index is 0.0665. The fourth-order valence-corrected chi connectivity index (χ4v) is 2.78. The van der Waals surface area contributed by atoms with Crippen LogP contribution in [-0.4, -0.2) is 50.1 Å². The lowest BCUT2D eigenvalue weighted by Gasteiger charge is -2.32. The second-order valence-electron chi connectivity index (χ2n) is 5.46. The van der Waals surface area contributed by atoms with Gasteiger partial charge in [-0.3, -0.25) is 4.79 Å². The number of nitrogens with zero attached hydrogens (tertiary/aromatic N) is 1. The van der Waals surface area contributed by atoms with Crippen LogP contribution in [0.2, 0.25) is 0 Å². The van der Waals surface area contributed by atoms with Gasteiger partial charge < -0.3 is 20.7 Å². The van der Waals surface area contributed by atoms with Gasteiger partial charge in [-0.05, 0) is 18.9 Å². The van der Waals surface area contributed by atoms with Crippen LogP contribution in [0, 0.1) is 0 Å². The van der Waals surface area contributed by atoms with E-state index in [0.29, 0.717) is 13.0 Å². The molecule has 1 aliphatic heterocycles. The van der Waals surface area contributed by atoms with E-state index in [-0.39, 0.29) is 11.9 Å². The number of carbonyl (C=O) groups excluding carboxylic acids is 1. The Balaban J connectivity index is 1.80. The number of rotatable bonds is 6. The number of carbonyl (C=O) groups is 1. The molecular weight excluding hydrogens is 266 g/mol. The third kappa shape index (κ3) is 4.72. The van der Waals surface area contributed by atoms with E-state index in [1.54, 1.807) is 7.11 Å². The van der Waals surface area contributed by atoms with Crippen LogP contribution in [-0.2, 0) is 11.2 Å². The molecule has 0 atom stereocenters. The molecule has 1 heterocycles. The zero-order chi connectivity index (χ0) is 15.1. The van der Waals surface area contributed by atoms with Crippen LogP contribution in [0.3, 0.4) is 0 Å². The highest BCUT2D eigenvalue weighted by Crippen LogP contribution is 2.18. The van der Waals surface area contributed by atoms with E-state index in [1.807, 2.05) is 24.3 Å². The van der Waals surface area contributed by atoms with Crippen LogP contribution >= 0.6 is 0 Å². The molecule has 0 aromatic heterocycles. The lowest BCUT2D eigenvalue weighted by atomic mass is 10.0. The molecule has 1 fully saturated rings. The molecule has 1 aliphatic rings. The molecule has 2 rings (SSSR count). The first-order valence-corrected chi connectivity index (χ1v) is 7.56. The van der Waals surface area contributed by atoms with Crippen LogP contribution in [0.25, 0.3) is 0 Å². The SMILES string of the molecule is COc1ccccc1CC(=O)NC1CCN(CCN)CC1. The average Bonchev–Trinajstić information content (AvgIpc) is 2.50. The van der Waals surface area contributed by atoms with Gasteiger partial charge in [-0.15, -0.1) is 0 Å². The molecule has 1 aromatic carbocycles. The van der Waals surface area contributed by atoms with Crippen molar-refractivity contribution >= 4 is 5.91 Å². The maximum Gasteiger partial charge on any atom is 0.224 e. The van der Waals surface area contributed by atoms with Gasteiger partial charge in [0.05, 0.1) is 13.5 Å². The molecule has 0 saturated carbocycles. The second kappa shape index (κ2) is 8.00. The molecule has 0 unspecified atom stereocenters. The topological polar surface area (TPSA) is 67.6 Å². The number of benzene rings is 1. The van der Waals surface area contributed by atoms with E-state index in [0.717, 1.165) is 43.8 Å². The van der Waals surface area contributed by atoms with Gasteiger partial charge >= 0.3 is 0 Å². The van der Waals surface area contributed by atoms with E-state index in [1.165, 1.54) is 0 Å². The summed E-state index contributed by atoms with van der Waals surface area (Å²) in [5.74, 6) is 0.835. The summed E-state index contributed by atoms with van der Waals surface area (Å²) in [5.41, 5.74) is 6.49. The summed E-state index contributed by atoms with van der Waals surface area (Å²) in [5, 5.41) is 3.13. The van der Waals surface area contributed by atoms with Crippen molar-refractivity contribution in [1.82, 2.24) is 10.2 Å². The minimum Gasteiger partial charge on any atom is -0.496 e. The molecule has 5 heteroatoms. The Hall–Kier alpha value is -1.59. The third-order valence-electron chi connectivity index (χ3n) is 3.94. The molecule has 0 bridgehead atoms. The van der Waals surface area contributed by atoms with Crippen molar-refractivity contribution in [3.63, 3.8) is 0 Å². The zero-order valence-corrected chi connectivity index (χ0v) is 12.7. The zero-order valence-electron chi connectivity index (χ0n) is 12.7. The Morgan fingerprint density at radius 1 is 1.38 bits per heavy atom. The van der Waals surface area contributed by atoms with E-state index >= 15 is 0 Å². The lowest BCUT2D eigenvalue weighted by Crippen LogP contribution is -2.46. The highest BCUT2D eigenvalue weighted by atomic mass is 16.5. The Kier molecular flexibility index (Phi) is 6.02. The number of amides is 1. The number of likely N-dealkylation sites (tertiary alicyclic amines) is 1. The number of nitrogens with one attached hydrogen (secondary N) is 1. The first kappa shape index (κ1) is 15.8. The monoisotopic (exact) mass is 291 g/mol. The first-order chi connectivity index (χ1) is 10.2. The largest absolute Gasteiger partial charge is 0.496 e. The fraction of sp³-hybridized carbons (Fsp3) is 0.562. The van der Waals surface area contributed by atoms with Gasteiger partial charge in [0.2, 0.25) is 5.91 Å². The Morgan fingerprint density at radius 3 is 2.76 bits per heavy atom. The van der Waals surface area contributed by atoms with Gasteiger partial charge in [0, 0.05) is 37.8 Å². The molecular formula is C16H25N3O2. The molecule has 0 aliphatic carbocycles. The average molecular weight is 291 g/mol. The minimum absolute atomic E-state index is 0.0665. The number of piperidine rings is 1. The molecule has 116 valence electrons. The van der Waals surface area contributed by atoms with Gasteiger partial charge in [-0.25, -0.2) is 0 Å².